The third-order valence-corrected chi connectivity index (χ3v) is 1.81. The minimum absolute atomic E-state index is 0.399. The normalized spacial score (nSPS) is 10.1. The summed E-state index contributed by atoms with van der Waals surface area (Å²) in [4.78, 5) is 0. The van der Waals surface area contributed by atoms with Crippen molar-refractivity contribution in [3.05, 3.63) is 29.3 Å². The molecule has 0 fully saturated rings. The third-order valence-electron chi connectivity index (χ3n) is 1.81. The van der Waals surface area contributed by atoms with Gasteiger partial charge in [-0.1, -0.05) is 26.0 Å². The van der Waals surface area contributed by atoms with Crippen molar-refractivity contribution in [3.63, 3.8) is 0 Å². The summed E-state index contributed by atoms with van der Waals surface area (Å²) in [5, 5.41) is 9.46. The van der Waals surface area contributed by atoms with Crippen LogP contribution < -0.4 is 27.9 Å². The molecule has 4 nitrogen and oxygen atoms in total. The molecule has 1 aromatic carbocycles. The number of aryl methyl sites for hydroxylation is 1. The van der Waals surface area contributed by atoms with Gasteiger partial charge >= 0.3 is 21.1 Å². The third kappa shape index (κ3) is 6.67. The maximum atomic E-state index is 9.46. The molecule has 0 atom stereocenters. The van der Waals surface area contributed by atoms with Crippen molar-refractivity contribution in [2.45, 2.75) is 26.7 Å². The van der Waals surface area contributed by atoms with Crippen LogP contribution in [0.1, 0.15) is 30.9 Å². The van der Waals surface area contributed by atoms with Gasteiger partial charge in [0.1, 0.15) is 5.75 Å². The smallest absolute Gasteiger partial charge is 0.503 e. The Morgan fingerprint density at radius 1 is 1.27 bits per heavy atom. The standard InChI is InChI=1S/C10H14O.HIO3/c1-7(2)9-5-4-8(3)6-10(9)11;2-1(3)4/h4-7,11H,1-3H3;2H. The van der Waals surface area contributed by atoms with E-state index in [2.05, 4.69) is 13.8 Å². The molecule has 0 saturated carbocycles. The van der Waals surface area contributed by atoms with E-state index in [0.717, 1.165) is 11.1 Å². The predicted octanol–water partition coefficient (Wildman–Crippen LogP) is -3.11. The Balaban J connectivity index is 0.000000423. The van der Waals surface area contributed by atoms with E-state index in [0.29, 0.717) is 11.7 Å². The molecule has 0 aromatic heterocycles. The van der Waals surface area contributed by atoms with Gasteiger partial charge in [-0.2, -0.15) is 0 Å². The minimum atomic E-state index is -3.76. The summed E-state index contributed by atoms with van der Waals surface area (Å²) < 4.78 is 24.5. The minimum Gasteiger partial charge on any atom is -0.508 e. The van der Waals surface area contributed by atoms with Crippen molar-refractivity contribution < 1.29 is 36.5 Å². The van der Waals surface area contributed by atoms with Crippen LogP contribution in [-0.2, 0) is 0 Å². The van der Waals surface area contributed by atoms with Crippen LogP contribution in [-0.4, -0.2) is 8.54 Å². The molecule has 1 aromatic rings. The Kier molecular flexibility index (Phi) is 6.82. The van der Waals surface area contributed by atoms with E-state index in [4.69, 9.17) is 10.3 Å². The Labute approximate surface area is 98.2 Å². The van der Waals surface area contributed by atoms with Gasteiger partial charge < -0.3 is 12.0 Å². The van der Waals surface area contributed by atoms with Gasteiger partial charge in [-0.15, -0.1) is 0 Å². The van der Waals surface area contributed by atoms with Crippen LogP contribution in [0.5, 0.6) is 5.75 Å². The zero-order valence-corrected chi connectivity index (χ0v) is 11.1. The Hall–Kier alpha value is -0.370. The van der Waals surface area contributed by atoms with Crippen LogP contribution in [0.3, 0.4) is 0 Å². The second-order valence-corrected chi connectivity index (χ2v) is 4.57. The lowest BCUT2D eigenvalue weighted by atomic mass is 10.0. The van der Waals surface area contributed by atoms with Gasteiger partial charge in [0.05, 0.1) is 0 Å². The lowest BCUT2D eigenvalue weighted by Crippen LogP contribution is -3.98. The number of hydrogen-bond donors (Lipinski definition) is 2. The maximum absolute atomic E-state index is 9.46. The fraction of sp³-hybridized carbons (Fsp3) is 0.400. The molecular formula is C10H15IO4. The van der Waals surface area contributed by atoms with Gasteiger partial charge in [-0.05, 0) is 33.5 Å². The van der Waals surface area contributed by atoms with Gasteiger partial charge in [0, 0.05) is 0 Å². The topological polar surface area (TPSA) is 86.6 Å². The Bertz CT molecular complexity index is 297. The van der Waals surface area contributed by atoms with Gasteiger partial charge in [0.2, 0.25) is 0 Å². The molecule has 0 amide bonds. The molecule has 1 rings (SSSR count). The Morgan fingerprint density at radius 2 is 1.73 bits per heavy atom. The SMILES string of the molecule is Cc1ccc(C(C)C)c(O)c1.[O-][I+2]([O-])O. The maximum Gasteiger partial charge on any atom is 0.503 e. The number of halogens is 1. The van der Waals surface area contributed by atoms with Crippen LogP contribution in [0, 0.1) is 6.92 Å². The lowest BCUT2D eigenvalue weighted by Gasteiger charge is -2.07. The van der Waals surface area contributed by atoms with E-state index in [9.17, 15) is 5.11 Å². The van der Waals surface area contributed by atoms with E-state index in [1.807, 2.05) is 19.1 Å². The molecule has 15 heavy (non-hydrogen) atoms. The summed E-state index contributed by atoms with van der Waals surface area (Å²) in [6.07, 6.45) is 0. The number of rotatable bonds is 1. The number of phenolic OH excluding ortho intramolecular Hbond substituents is 1. The fourth-order valence-corrected chi connectivity index (χ4v) is 1.14. The van der Waals surface area contributed by atoms with Crippen molar-refractivity contribution >= 4 is 0 Å². The highest BCUT2D eigenvalue weighted by molar-refractivity contribution is 5.37. The zero-order chi connectivity index (χ0) is 12.0. The van der Waals surface area contributed by atoms with Crippen LogP contribution >= 0.6 is 0 Å². The molecule has 0 aliphatic carbocycles. The lowest BCUT2D eigenvalue weighted by molar-refractivity contribution is -1.63. The van der Waals surface area contributed by atoms with Crippen molar-refractivity contribution in [2.75, 3.05) is 0 Å². The number of aromatic hydroxyl groups is 1. The first-order valence-electron chi connectivity index (χ1n) is 4.38. The van der Waals surface area contributed by atoms with E-state index >= 15 is 0 Å². The molecule has 0 bridgehead atoms. The highest BCUT2D eigenvalue weighted by Gasteiger charge is 2.03. The Morgan fingerprint density at radius 3 is 2.07 bits per heavy atom. The van der Waals surface area contributed by atoms with Gasteiger partial charge in [-0.3, -0.25) is 0 Å². The molecule has 2 N–H and O–H groups in total. The molecule has 86 valence electrons. The molecule has 0 radical (unpaired) electrons. The summed E-state index contributed by atoms with van der Waals surface area (Å²) in [6, 6.07) is 5.81. The number of benzene rings is 1. The number of hydrogen-bond acceptors (Lipinski definition) is 4. The quantitative estimate of drug-likeness (QED) is 0.535. The van der Waals surface area contributed by atoms with Crippen LogP contribution in [0.2, 0.25) is 0 Å². The second kappa shape index (κ2) is 7.00. The van der Waals surface area contributed by atoms with Gasteiger partial charge in [-0.25, -0.2) is 0 Å². The van der Waals surface area contributed by atoms with Crippen molar-refractivity contribution in [1.29, 1.82) is 0 Å². The zero-order valence-electron chi connectivity index (χ0n) is 8.90. The first-order chi connectivity index (χ1) is 6.84. The van der Waals surface area contributed by atoms with Gasteiger partial charge in [0.25, 0.3) is 0 Å². The monoisotopic (exact) mass is 326 g/mol. The van der Waals surface area contributed by atoms with E-state index < -0.39 is 21.1 Å². The van der Waals surface area contributed by atoms with Crippen LogP contribution in [0.15, 0.2) is 18.2 Å². The molecular weight excluding hydrogens is 311 g/mol. The molecule has 0 heterocycles. The van der Waals surface area contributed by atoms with Crippen LogP contribution in [0.4, 0.5) is 0 Å². The van der Waals surface area contributed by atoms with Crippen LogP contribution in [0.25, 0.3) is 0 Å². The van der Waals surface area contributed by atoms with Crippen molar-refractivity contribution in [1.82, 2.24) is 0 Å². The molecule has 0 spiro atoms. The fourth-order valence-electron chi connectivity index (χ4n) is 1.14. The summed E-state index contributed by atoms with van der Waals surface area (Å²) in [6.45, 7) is 6.12. The molecule has 0 unspecified atom stereocenters. The van der Waals surface area contributed by atoms with E-state index in [1.165, 1.54) is 0 Å². The van der Waals surface area contributed by atoms with Gasteiger partial charge in [0.15, 0.2) is 0 Å². The molecule has 0 aliphatic heterocycles. The second-order valence-electron chi connectivity index (χ2n) is 3.42. The molecule has 5 heteroatoms. The van der Waals surface area contributed by atoms with Crippen molar-refractivity contribution in [2.24, 2.45) is 0 Å². The number of phenols is 1. The first-order valence-corrected chi connectivity index (χ1v) is 7.11. The summed E-state index contributed by atoms with van der Waals surface area (Å²) in [5.41, 5.74) is 2.13. The molecule has 0 aliphatic rings. The van der Waals surface area contributed by atoms with E-state index in [1.54, 1.807) is 6.07 Å². The summed E-state index contributed by atoms with van der Waals surface area (Å²) in [7, 11) is 0. The average Bonchev–Trinajstić information content (AvgIpc) is 2.01. The predicted molar refractivity (Wildman–Crippen MR) is 49.2 cm³/mol. The highest BCUT2D eigenvalue weighted by Crippen LogP contribution is 2.25. The first kappa shape index (κ1) is 14.6. The van der Waals surface area contributed by atoms with E-state index in [-0.39, 0.29) is 0 Å². The largest absolute Gasteiger partial charge is 0.508 e. The highest BCUT2D eigenvalue weighted by atomic mass is 127. The average molecular weight is 326 g/mol. The van der Waals surface area contributed by atoms with Crippen molar-refractivity contribution in [3.8, 4) is 5.75 Å². The molecule has 0 saturated heterocycles. The summed E-state index contributed by atoms with van der Waals surface area (Å²) in [5.74, 6) is 0.815. The summed E-state index contributed by atoms with van der Waals surface area (Å²) >= 11 is -3.76.